The summed E-state index contributed by atoms with van der Waals surface area (Å²) in [6, 6.07) is 5.36. The monoisotopic (exact) mass is 254 g/mol. The molecule has 1 aromatic carbocycles. The maximum absolute atomic E-state index is 6.00. The molecular weight excluding hydrogens is 247 g/mol. The maximum Gasteiger partial charge on any atom is 0.138 e. The molecule has 0 saturated carbocycles. The summed E-state index contributed by atoms with van der Waals surface area (Å²) >= 11 is 11.9. The fraction of sp³-hybridized carbons (Fsp3) is 0.0909. The van der Waals surface area contributed by atoms with E-state index in [4.69, 9.17) is 27.9 Å². The summed E-state index contributed by atoms with van der Waals surface area (Å²) in [6.07, 6.45) is 2.99. The molecule has 0 aliphatic carbocycles. The molecule has 0 aliphatic rings. The van der Waals surface area contributed by atoms with E-state index in [1.807, 2.05) is 6.07 Å². The molecule has 0 radical (unpaired) electrons. The van der Waals surface area contributed by atoms with Crippen molar-refractivity contribution in [1.29, 1.82) is 0 Å². The Kier molecular flexibility index (Phi) is 3.27. The Labute approximate surface area is 103 Å². The molecule has 0 saturated heterocycles. The molecule has 2 rings (SSSR count). The van der Waals surface area contributed by atoms with Crippen LogP contribution in [0.4, 0.5) is 0 Å². The molecule has 82 valence electrons. The summed E-state index contributed by atoms with van der Waals surface area (Å²) in [4.78, 5) is 7.94. The van der Waals surface area contributed by atoms with Crippen LogP contribution in [0, 0.1) is 0 Å². The van der Waals surface area contributed by atoms with Crippen LogP contribution in [0.25, 0.3) is 11.3 Å². The molecule has 0 spiro atoms. The number of halogens is 2. The fourth-order valence-electron chi connectivity index (χ4n) is 1.33. The van der Waals surface area contributed by atoms with Gasteiger partial charge in [0.05, 0.1) is 22.8 Å². The largest absolute Gasteiger partial charge is 0.495 e. The number of ether oxygens (including phenoxy) is 1. The maximum atomic E-state index is 6.00. The molecule has 3 nitrogen and oxygen atoms in total. The first-order valence-electron chi connectivity index (χ1n) is 4.52. The third kappa shape index (κ3) is 2.10. The zero-order chi connectivity index (χ0) is 11.5. The number of rotatable bonds is 2. The first-order valence-corrected chi connectivity index (χ1v) is 5.27. The molecule has 0 fully saturated rings. The van der Waals surface area contributed by atoms with Crippen LogP contribution in [-0.4, -0.2) is 17.1 Å². The van der Waals surface area contributed by atoms with Crippen LogP contribution in [0.3, 0.4) is 0 Å². The van der Waals surface area contributed by atoms with Crippen LogP contribution in [-0.2, 0) is 0 Å². The van der Waals surface area contributed by atoms with E-state index in [-0.39, 0.29) is 0 Å². The van der Waals surface area contributed by atoms with E-state index in [0.29, 0.717) is 21.5 Å². The van der Waals surface area contributed by atoms with Crippen molar-refractivity contribution in [2.24, 2.45) is 0 Å². The zero-order valence-electron chi connectivity index (χ0n) is 8.45. The van der Waals surface area contributed by atoms with Crippen LogP contribution >= 0.6 is 23.2 Å². The average Bonchev–Trinajstić information content (AvgIpc) is 2.31. The van der Waals surface area contributed by atoms with Gasteiger partial charge in [0, 0.05) is 11.8 Å². The van der Waals surface area contributed by atoms with Crippen LogP contribution in [0.15, 0.2) is 30.7 Å². The average molecular weight is 255 g/mol. The molecule has 0 amide bonds. The van der Waals surface area contributed by atoms with Crippen molar-refractivity contribution < 1.29 is 4.74 Å². The summed E-state index contributed by atoms with van der Waals surface area (Å²) in [5, 5.41) is 1.04. The molecule has 0 unspecified atom stereocenters. The third-order valence-corrected chi connectivity index (χ3v) is 2.68. The van der Waals surface area contributed by atoms with Gasteiger partial charge in [-0.3, -0.25) is 0 Å². The Balaban J connectivity index is 2.53. The van der Waals surface area contributed by atoms with Crippen molar-refractivity contribution in [3.8, 4) is 17.0 Å². The van der Waals surface area contributed by atoms with E-state index in [2.05, 4.69) is 9.97 Å². The van der Waals surface area contributed by atoms with E-state index in [1.54, 1.807) is 25.4 Å². The molecular formula is C11H8Cl2N2O. The minimum absolute atomic E-state index is 0.492. The summed E-state index contributed by atoms with van der Waals surface area (Å²) in [6.45, 7) is 0. The predicted octanol–water partition coefficient (Wildman–Crippen LogP) is 3.46. The van der Waals surface area contributed by atoms with Gasteiger partial charge in [0.25, 0.3) is 0 Å². The first kappa shape index (κ1) is 11.2. The molecule has 1 aromatic heterocycles. The van der Waals surface area contributed by atoms with Crippen molar-refractivity contribution in [1.82, 2.24) is 9.97 Å². The molecule has 0 atom stereocenters. The molecule has 0 N–H and O–H groups in total. The van der Waals surface area contributed by atoms with E-state index in [0.717, 1.165) is 5.56 Å². The molecule has 1 heterocycles. The summed E-state index contributed by atoms with van der Waals surface area (Å²) < 4.78 is 5.13. The first-order chi connectivity index (χ1) is 7.72. The van der Waals surface area contributed by atoms with Crippen molar-refractivity contribution >= 4 is 23.2 Å². The smallest absolute Gasteiger partial charge is 0.138 e. The lowest BCUT2D eigenvalue weighted by molar-refractivity contribution is 0.415. The molecule has 0 bridgehead atoms. The minimum Gasteiger partial charge on any atom is -0.495 e. The Morgan fingerprint density at radius 2 is 2.00 bits per heavy atom. The number of hydrogen-bond donors (Lipinski definition) is 0. The van der Waals surface area contributed by atoms with E-state index < -0.39 is 0 Å². The van der Waals surface area contributed by atoms with Gasteiger partial charge in [-0.05, 0) is 12.1 Å². The second kappa shape index (κ2) is 4.68. The SMILES string of the molecule is COc1cc(-c2ncncc2Cl)ccc1Cl. The molecule has 2 aromatic rings. The molecule has 5 heteroatoms. The number of aromatic nitrogens is 2. The quantitative estimate of drug-likeness (QED) is 0.824. The van der Waals surface area contributed by atoms with Crippen LogP contribution in [0.1, 0.15) is 0 Å². The van der Waals surface area contributed by atoms with Crippen LogP contribution in [0.2, 0.25) is 10.0 Å². The van der Waals surface area contributed by atoms with Gasteiger partial charge in [-0.15, -0.1) is 0 Å². The van der Waals surface area contributed by atoms with Gasteiger partial charge in [0.1, 0.15) is 12.1 Å². The van der Waals surface area contributed by atoms with Crippen LogP contribution < -0.4 is 4.74 Å². The van der Waals surface area contributed by atoms with Gasteiger partial charge < -0.3 is 4.74 Å². The highest BCUT2D eigenvalue weighted by atomic mass is 35.5. The van der Waals surface area contributed by atoms with Gasteiger partial charge in [-0.1, -0.05) is 29.3 Å². The van der Waals surface area contributed by atoms with Gasteiger partial charge in [-0.2, -0.15) is 0 Å². The number of nitrogens with zero attached hydrogens (tertiary/aromatic N) is 2. The van der Waals surface area contributed by atoms with E-state index in [1.165, 1.54) is 6.33 Å². The third-order valence-electron chi connectivity index (χ3n) is 2.09. The van der Waals surface area contributed by atoms with E-state index >= 15 is 0 Å². The van der Waals surface area contributed by atoms with Gasteiger partial charge in [0.15, 0.2) is 0 Å². The topological polar surface area (TPSA) is 35.0 Å². The lowest BCUT2D eigenvalue weighted by Gasteiger charge is -2.06. The van der Waals surface area contributed by atoms with Gasteiger partial charge in [0.2, 0.25) is 0 Å². The Morgan fingerprint density at radius 1 is 1.19 bits per heavy atom. The zero-order valence-corrected chi connectivity index (χ0v) is 9.96. The Bertz CT molecular complexity index is 517. The summed E-state index contributed by atoms with van der Waals surface area (Å²) in [7, 11) is 1.56. The van der Waals surface area contributed by atoms with Crippen molar-refractivity contribution in [3.63, 3.8) is 0 Å². The molecule has 16 heavy (non-hydrogen) atoms. The minimum atomic E-state index is 0.492. The van der Waals surface area contributed by atoms with Gasteiger partial charge in [-0.25, -0.2) is 9.97 Å². The number of methoxy groups -OCH3 is 1. The lowest BCUT2D eigenvalue weighted by atomic mass is 10.1. The highest BCUT2D eigenvalue weighted by molar-refractivity contribution is 6.33. The predicted molar refractivity (Wildman–Crippen MR) is 64.0 cm³/mol. The van der Waals surface area contributed by atoms with E-state index in [9.17, 15) is 0 Å². The van der Waals surface area contributed by atoms with Crippen molar-refractivity contribution in [2.45, 2.75) is 0 Å². The second-order valence-electron chi connectivity index (χ2n) is 3.07. The van der Waals surface area contributed by atoms with Crippen molar-refractivity contribution in [2.75, 3.05) is 7.11 Å². The Morgan fingerprint density at radius 3 is 2.69 bits per heavy atom. The van der Waals surface area contributed by atoms with Crippen LogP contribution in [0.5, 0.6) is 5.75 Å². The fourth-order valence-corrected chi connectivity index (χ4v) is 1.74. The highest BCUT2D eigenvalue weighted by Gasteiger charge is 2.08. The standard InChI is InChI=1S/C11H8Cl2N2O/c1-16-10-4-7(2-3-8(10)12)11-9(13)5-14-6-15-11/h2-6H,1H3. The second-order valence-corrected chi connectivity index (χ2v) is 3.88. The Hall–Kier alpha value is -1.32. The normalized spacial score (nSPS) is 10.2. The lowest BCUT2D eigenvalue weighted by Crippen LogP contribution is -1.89. The van der Waals surface area contributed by atoms with Crippen molar-refractivity contribution in [3.05, 3.63) is 40.8 Å². The summed E-state index contributed by atoms with van der Waals surface area (Å²) in [5.41, 5.74) is 1.50. The van der Waals surface area contributed by atoms with Gasteiger partial charge >= 0.3 is 0 Å². The number of benzene rings is 1. The summed E-state index contributed by atoms with van der Waals surface area (Å²) in [5.74, 6) is 0.592. The number of hydrogen-bond acceptors (Lipinski definition) is 3. The highest BCUT2D eigenvalue weighted by Crippen LogP contribution is 2.31. The molecule has 0 aliphatic heterocycles.